The number of rotatable bonds is 6. The summed E-state index contributed by atoms with van der Waals surface area (Å²) in [4.78, 5) is 0. The van der Waals surface area contributed by atoms with Crippen molar-refractivity contribution in [2.75, 3.05) is 0 Å². The maximum atomic E-state index is 2.54. The standard InChI is InChI=1S/C24H34B4/c1-5-13-14(6-2)16(8-4)18-10-20-19(9-17(18)15(13)7-3)23(27)21(11-25)22(12-26)24(20)28/h9-10H,5-8,11-12,25-28H2,1-4H3. The van der Waals surface area contributed by atoms with Crippen LogP contribution in [0.3, 0.4) is 0 Å². The van der Waals surface area contributed by atoms with Crippen LogP contribution in [0.1, 0.15) is 61.1 Å². The topological polar surface area (TPSA) is 0 Å². The van der Waals surface area contributed by atoms with E-state index in [2.05, 4.69) is 71.2 Å². The average Bonchev–Trinajstić information content (AvgIpc) is 2.72. The lowest BCUT2D eigenvalue weighted by Gasteiger charge is -2.23. The van der Waals surface area contributed by atoms with Crippen LogP contribution in [0.15, 0.2) is 12.1 Å². The Balaban J connectivity index is 2.61. The van der Waals surface area contributed by atoms with E-state index >= 15 is 0 Å². The van der Waals surface area contributed by atoms with Crippen LogP contribution in [0.4, 0.5) is 0 Å². The molecule has 0 aliphatic carbocycles. The molecular formula is C24H34B4. The minimum atomic E-state index is 1.12. The Labute approximate surface area is 175 Å². The van der Waals surface area contributed by atoms with Crippen molar-refractivity contribution in [2.24, 2.45) is 0 Å². The van der Waals surface area contributed by atoms with Crippen LogP contribution >= 0.6 is 0 Å². The average molecular weight is 366 g/mol. The van der Waals surface area contributed by atoms with Gasteiger partial charge in [-0.05, 0) is 81.6 Å². The van der Waals surface area contributed by atoms with Gasteiger partial charge in [0.05, 0.1) is 0 Å². The lowest BCUT2D eigenvalue weighted by Crippen LogP contribution is -2.25. The maximum Gasteiger partial charge on any atom is 0.140 e. The van der Waals surface area contributed by atoms with Crippen molar-refractivity contribution >= 4 is 63.9 Å². The molecule has 0 heterocycles. The summed E-state index contributed by atoms with van der Waals surface area (Å²) in [7, 11) is 9.31. The molecule has 0 nitrogen and oxygen atoms in total. The van der Waals surface area contributed by atoms with Crippen molar-refractivity contribution in [3.63, 3.8) is 0 Å². The second kappa shape index (κ2) is 8.44. The predicted molar refractivity (Wildman–Crippen MR) is 140 cm³/mol. The highest BCUT2D eigenvalue weighted by atomic mass is 14.2. The summed E-state index contributed by atoms with van der Waals surface area (Å²) < 4.78 is 0. The number of benzene rings is 3. The van der Waals surface area contributed by atoms with Crippen LogP contribution in [-0.2, 0) is 38.3 Å². The molecule has 0 saturated carbocycles. The second-order valence-electron chi connectivity index (χ2n) is 8.19. The number of aryl methyl sites for hydroxylation is 2. The molecule has 0 fully saturated rings. The largest absolute Gasteiger partial charge is 0.140 e. The highest BCUT2D eigenvalue weighted by Crippen LogP contribution is 2.35. The second-order valence-corrected chi connectivity index (χ2v) is 8.19. The summed E-state index contributed by atoms with van der Waals surface area (Å²) in [6.45, 7) is 9.33. The smallest absolute Gasteiger partial charge is 0.0786 e. The van der Waals surface area contributed by atoms with Gasteiger partial charge < -0.3 is 0 Å². The molecule has 0 N–H and O–H groups in total. The van der Waals surface area contributed by atoms with E-state index in [1.54, 1.807) is 33.4 Å². The van der Waals surface area contributed by atoms with Gasteiger partial charge in [-0.25, -0.2) is 0 Å². The van der Waals surface area contributed by atoms with Crippen LogP contribution in [0.2, 0.25) is 0 Å². The Morgan fingerprint density at radius 3 is 1.07 bits per heavy atom. The molecular weight excluding hydrogens is 332 g/mol. The third kappa shape index (κ3) is 3.04. The molecule has 0 saturated heterocycles. The third-order valence-corrected chi connectivity index (χ3v) is 7.10. The highest BCUT2D eigenvalue weighted by molar-refractivity contribution is 6.48. The van der Waals surface area contributed by atoms with Gasteiger partial charge in [0.25, 0.3) is 0 Å². The molecule has 3 rings (SSSR count). The van der Waals surface area contributed by atoms with Gasteiger partial charge in [-0.1, -0.05) is 62.4 Å². The Kier molecular flexibility index (Phi) is 6.37. The van der Waals surface area contributed by atoms with E-state index in [0.29, 0.717) is 0 Å². The molecule has 0 atom stereocenters. The minimum Gasteiger partial charge on any atom is -0.0786 e. The Morgan fingerprint density at radius 1 is 0.500 bits per heavy atom. The first-order valence-corrected chi connectivity index (χ1v) is 11.5. The summed E-state index contributed by atoms with van der Waals surface area (Å²) in [6, 6.07) is 5.09. The normalized spacial score (nSPS) is 11.6. The molecule has 0 unspecified atom stereocenters. The van der Waals surface area contributed by atoms with Crippen LogP contribution < -0.4 is 10.9 Å². The van der Waals surface area contributed by atoms with Crippen molar-refractivity contribution in [2.45, 2.75) is 66.0 Å². The first-order valence-electron chi connectivity index (χ1n) is 11.5. The van der Waals surface area contributed by atoms with E-state index < -0.39 is 0 Å². The SMILES string of the molecule is BCc1c(CB)c(B)c2cc3c(CC)c(CC)c(CC)c(CC)c3cc2c1B. The van der Waals surface area contributed by atoms with Crippen molar-refractivity contribution in [1.82, 2.24) is 0 Å². The number of hydrogen-bond donors (Lipinski definition) is 0. The summed E-state index contributed by atoms with van der Waals surface area (Å²) in [5.41, 5.74) is 12.5. The Bertz CT molecular complexity index is 967. The fourth-order valence-electron chi connectivity index (χ4n) is 5.81. The van der Waals surface area contributed by atoms with E-state index in [-0.39, 0.29) is 0 Å². The zero-order valence-corrected chi connectivity index (χ0v) is 19.4. The molecule has 0 bridgehead atoms. The van der Waals surface area contributed by atoms with Gasteiger partial charge in [0.15, 0.2) is 0 Å². The van der Waals surface area contributed by atoms with E-state index in [0.717, 1.165) is 38.3 Å². The number of hydrogen-bond acceptors (Lipinski definition) is 0. The Morgan fingerprint density at radius 2 is 0.821 bits per heavy atom. The van der Waals surface area contributed by atoms with Gasteiger partial charge in [-0.15, -0.1) is 0 Å². The molecule has 3 aromatic carbocycles. The van der Waals surface area contributed by atoms with Crippen molar-refractivity contribution in [3.8, 4) is 0 Å². The highest BCUT2D eigenvalue weighted by Gasteiger charge is 2.19. The van der Waals surface area contributed by atoms with E-state index in [1.807, 2.05) is 0 Å². The quantitative estimate of drug-likeness (QED) is 0.452. The third-order valence-electron chi connectivity index (χ3n) is 7.10. The lowest BCUT2D eigenvalue weighted by atomic mass is 9.69. The predicted octanol–water partition coefficient (Wildman–Crippen LogP) is 1.03. The molecule has 3 aromatic rings. The van der Waals surface area contributed by atoms with Gasteiger partial charge in [0, 0.05) is 0 Å². The molecule has 0 radical (unpaired) electrons. The van der Waals surface area contributed by atoms with Crippen LogP contribution in [0.5, 0.6) is 0 Å². The fraction of sp³-hybridized carbons (Fsp3) is 0.417. The minimum absolute atomic E-state index is 1.12. The monoisotopic (exact) mass is 366 g/mol. The molecule has 142 valence electrons. The van der Waals surface area contributed by atoms with E-state index in [9.17, 15) is 0 Å². The summed E-state index contributed by atoms with van der Waals surface area (Å²) in [5.74, 6) is 0. The van der Waals surface area contributed by atoms with Crippen LogP contribution in [-0.4, -0.2) is 31.4 Å². The van der Waals surface area contributed by atoms with E-state index in [1.165, 1.54) is 32.5 Å². The van der Waals surface area contributed by atoms with Crippen LogP contribution in [0, 0.1) is 0 Å². The van der Waals surface area contributed by atoms with Crippen LogP contribution in [0.25, 0.3) is 21.5 Å². The molecule has 0 aromatic heterocycles. The molecule has 0 aliphatic heterocycles. The van der Waals surface area contributed by atoms with Crippen molar-refractivity contribution in [3.05, 3.63) is 45.5 Å². The zero-order valence-electron chi connectivity index (χ0n) is 19.4. The van der Waals surface area contributed by atoms with Gasteiger partial charge in [0.1, 0.15) is 31.4 Å². The summed E-state index contributed by atoms with van der Waals surface area (Å²) >= 11 is 0. The Hall–Kier alpha value is -1.56. The molecule has 0 amide bonds. The van der Waals surface area contributed by atoms with Gasteiger partial charge >= 0.3 is 0 Å². The van der Waals surface area contributed by atoms with Gasteiger partial charge in [-0.3, -0.25) is 0 Å². The van der Waals surface area contributed by atoms with E-state index in [4.69, 9.17) is 0 Å². The summed E-state index contributed by atoms with van der Waals surface area (Å²) in [6.07, 6.45) is 6.77. The van der Waals surface area contributed by atoms with Crippen molar-refractivity contribution in [1.29, 1.82) is 0 Å². The zero-order chi connectivity index (χ0) is 20.6. The first-order chi connectivity index (χ1) is 13.5. The molecule has 28 heavy (non-hydrogen) atoms. The van der Waals surface area contributed by atoms with Gasteiger partial charge in [0.2, 0.25) is 0 Å². The molecule has 0 spiro atoms. The maximum absolute atomic E-state index is 2.54. The number of fused-ring (bicyclic) bond motifs is 2. The molecule has 4 heteroatoms. The first kappa shape index (κ1) is 21.2. The summed E-state index contributed by atoms with van der Waals surface area (Å²) in [5, 5.41) is 5.97. The fourth-order valence-corrected chi connectivity index (χ4v) is 5.81. The van der Waals surface area contributed by atoms with Gasteiger partial charge in [-0.2, -0.15) is 0 Å². The lowest BCUT2D eigenvalue weighted by molar-refractivity contribution is 0.961. The molecule has 0 aliphatic rings. The van der Waals surface area contributed by atoms with Crippen molar-refractivity contribution < 1.29 is 0 Å².